The number of carbonyl (C=O) groups excluding carboxylic acids is 2. The summed E-state index contributed by atoms with van der Waals surface area (Å²) in [4.78, 5) is 27.7. The highest BCUT2D eigenvalue weighted by Crippen LogP contribution is 2.33. The highest BCUT2D eigenvalue weighted by molar-refractivity contribution is 6.04. The van der Waals surface area contributed by atoms with Crippen LogP contribution in [-0.4, -0.2) is 46.4 Å². The van der Waals surface area contributed by atoms with Gasteiger partial charge in [-0.25, -0.2) is 4.68 Å². The van der Waals surface area contributed by atoms with Crippen LogP contribution < -0.4 is 14.8 Å². The molecular weight excluding hydrogens is 420 g/mol. The fourth-order valence-corrected chi connectivity index (χ4v) is 4.42. The third-order valence-corrected chi connectivity index (χ3v) is 6.34. The SMILES string of the molecule is C[C@H](C(=O)N1CCC(n2nccc2NC(=O)c2ccc3c(c2)OCO3)CC1)c1ccccc1. The highest BCUT2D eigenvalue weighted by Gasteiger charge is 2.29. The molecule has 1 atom stereocenters. The first kappa shape index (κ1) is 21.1. The second kappa shape index (κ2) is 8.97. The normalized spacial score (nSPS) is 16.5. The number of aromatic nitrogens is 2. The number of hydrogen-bond donors (Lipinski definition) is 1. The van der Waals surface area contributed by atoms with Crippen molar-refractivity contribution >= 4 is 17.6 Å². The molecule has 2 aliphatic heterocycles. The van der Waals surface area contributed by atoms with Crippen molar-refractivity contribution in [2.45, 2.75) is 31.7 Å². The molecule has 8 heteroatoms. The Morgan fingerprint density at radius 1 is 1.03 bits per heavy atom. The Hall–Kier alpha value is -3.81. The predicted octanol–water partition coefficient (Wildman–Crippen LogP) is 3.83. The van der Waals surface area contributed by atoms with Crippen LogP contribution in [0.4, 0.5) is 5.82 Å². The van der Waals surface area contributed by atoms with E-state index in [1.807, 2.05) is 46.8 Å². The lowest BCUT2D eigenvalue weighted by molar-refractivity contribution is -0.133. The Bertz CT molecular complexity index is 1150. The van der Waals surface area contributed by atoms with Crippen LogP contribution in [0, 0.1) is 0 Å². The Kier molecular flexibility index (Phi) is 5.73. The third-order valence-electron chi connectivity index (χ3n) is 6.34. The molecule has 1 N–H and O–H groups in total. The van der Waals surface area contributed by atoms with Crippen molar-refractivity contribution in [1.29, 1.82) is 0 Å². The Balaban J connectivity index is 1.21. The number of piperidine rings is 1. The molecular formula is C25H26N4O4. The summed E-state index contributed by atoms with van der Waals surface area (Å²) in [5.41, 5.74) is 1.52. The van der Waals surface area contributed by atoms with Crippen LogP contribution in [0.1, 0.15) is 47.6 Å². The highest BCUT2D eigenvalue weighted by atomic mass is 16.7. The minimum absolute atomic E-state index is 0.114. The maximum absolute atomic E-state index is 13.0. The van der Waals surface area contributed by atoms with Gasteiger partial charge in [-0.3, -0.25) is 9.59 Å². The molecule has 2 aliphatic rings. The van der Waals surface area contributed by atoms with Crippen LogP contribution in [0.25, 0.3) is 0 Å². The Labute approximate surface area is 192 Å². The number of carbonyl (C=O) groups is 2. The smallest absolute Gasteiger partial charge is 0.256 e. The van der Waals surface area contributed by atoms with E-state index >= 15 is 0 Å². The zero-order valence-corrected chi connectivity index (χ0v) is 18.4. The Morgan fingerprint density at radius 2 is 1.79 bits per heavy atom. The van der Waals surface area contributed by atoms with Gasteiger partial charge >= 0.3 is 0 Å². The van der Waals surface area contributed by atoms with E-state index in [0.29, 0.717) is 36.0 Å². The van der Waals surface area contributed by atoms with Crippen molar-refractivity contribution in [1.82, 2.24) is 14.7 Å². The van der Waals surface area contributed by atoms with Gasteiger partial charge in [0.2, 0.25) is 12.7 Å². The van der Waals surface area contributed by atoms with E-state index in [4.69, 9.17) is 9.47 Å². The van der Waals surface area contributed by atoms with Crippen molar-refractivity contribution in [2.24, 2.45) is 0 Å². The van der Waals surface area contributed by atoms with E-state index < -0.39 is 0 Å². The molecule has 3 aromatic rings. The van der Waals surface area contributed by atoms with Crippen LogP contribution >= 0.6 is 0 Å². The largest absolute Gasteiger partial charge is 0.454 e. The van der Waals surface area contributed by atoms with Gasteiger partial charge in [0.1, 0.15) is 5.82 Å². The van der Waals surface area contributed by atoms with Crippen molar-refractivity contribution in [3.8, 4) is 11.5 Å². The minimum Gasteiger partial charge on any atom is -0.454 e. The second-order valence-corrected chi connectivity index (χ2v) is 8.37. The molecule has 8 nitrogen and oxygen atoms in total. The lowest BCUT2D eigenvalue weighted by Crippen LogP contribution is -2.41. The molecule has 1 saturated heterocycles. The third kappa shape index (κ3) is 4.28. The molecule has 0 aliphatic carbocycles. The second-order valence-electron chi connectivity index (χ2n) is 8.37. The number of fused-ring (bicyclic) bond motifs is 1. The molecule has 1 aromatic heterocycles. The van der Waals surface area contributed by atoms with Crippen molar-refractivity contribution in [2.75, 3.05) is 25.2 Å². The number of hydrogen-bond acceptors (Lipinski definition) is 5. The zero-order valence-electron chi connectivity index (χ0n) is 18.4. The molecule has 3 heterocycles. The van der Waals surface area contributed by atoms with Crippen molar-refractivity contribution in [3.05, 3.63) is 71.9 Å². The number of nitrogens with zero attached hydrogens (tertiary/aromatic N) is 3. The van der Waals surface area contributed by atoms with Gasteiger partial charge in [0.05, 0.1) is 18.2 Å². The quantitative estimate of drug-likeness (QED) is 0.644. The minimum atomic E-state index is -0.237. The molecule has 0 unspecified atom stereocenters. The van der Waals surface area contributed by atoms with Gasteiger partial charge in [-0.1, -0.05) is 30.3 Å². The van der Waals surface area contributed by atoms with E-state index in [2.05, 4.69) is 10.4 Å². The number of nitrogens with one attached hydrogen (secondary N) is 1. The van der Waals surface area contributed by atoms with Crippen LogP contribution in [0.2, 0.25) is 0 Å². The molecule has 0 spiro atoms. The average Bonchev–Trinajstić information content (AvgIpc) is 3.52. The number of ether oxygens (including phenoxy) is 2. The summed E-state index contributed by atoms with van der Waals surface area (Å²) in [6.07, 6.45) is 3.24. The van der Waals surface area contributed by atoms with Crippen molar-refractivity contribution < 1.29 is 19.1 Å². The number of amides is 2. The van der Waals surface area contributed by atoms with E-state index in [-0.39, 0.29) is 30.6 Å². The fourth-order valence-electron chi connectivity index (χ4n) is 4.42. The lowest BCUT2D eigenvalue weighted by Gasteiger charge is -2.34. The summed E-state index contributed by atoms with van der Waals surface area (Å²) < 4.78 is 12.5. The number of anilines is 1. The number of benzene rings is 2. The summed E-state index contributed by atoms with van der Waals surface area (Å²) in [6.45, 7) is 3.45. The van der Waals surface area contributed by atoms with Crippen molar-refractivity contribution in [3.63, 3.8) is 0 Å². The fraction of sp³-hybridized carbons (Fsp3) is 0.320. The van der Waals surface area contributed by atoms with Gasteiger partial charge in [0, 0.05) is 24.7 Å². The van der Waals surface area contributed by atoms with Crippen LogP contribution in [0.5, 0.6) is 11.5 Å². The zero-order chi connectivity index (χ0) is 22.8. The molecule has 1 fully saturated rings. The first-order valence-electron chi connectivity index (χ1n) is 11.2. The first-order valence-corrected chi connectivity index (χ1v) is 11.2. The van der Waals surface area contributed by atoms with Gasteiger partial charge in [-0.2, -0.15) is 5.10 Å². The topological polar surface area (TPSA) is 85.7 Å². The standard InChI is InChI=1S/C25H26N4O4/c1-17(18-5-3-2-4-6-18)25(31)28-13-10-20(11-14-28)29-23(9-12-26-29)27-24(30)19-7-8-21-22(15-19)33-16-32-21/h2-9,12,15,17,20H,10-11,13-14,16H2,1H3,(H,27,30)/t17-/m0/s1. The summed E-state index contributed by atoms with van der Waals surface area (Å²) in [5.74, 6) is 1.59. The van der Waals surface area contributed by atoms with E-state index in [1.165, 1.54) is 0 Å². The summed E-state index contributed by atoms with van der Waals surface area (Å²) >= 11 is 0. The van der Waals surface area contributed by atoms with E-state index in [0.717, 1.165) is 18.4 Å². The van der Waals surface area contributed by atoms with Gasteiger partial charge < -0.3 is 19.7 Å². The molecule has 5 rings (SSSR count). The lowest BCUT2D eigenvalue weighted by atomic mass is 9.97. The van der Waals surface area contributed by atoms with Gasteiger partial charge in [0.25, 0.3) is 5.91 Å². The molecule has 2 amide bonds. The summed E-state index contributed by atoms with van der Waals surface area (Å²) in [6, 6.07) is 16.9. The molecule has 0 bridgehead atoms. The van der Waals surface area contributed by atoms with Gasteiger partial charge in [-0.15, -0.1) is 0 Å². The van der Waals surface area contributed by atoms with Crippen LogP contribution in [0.3, 0.4) is 0 Å². The maximum Gasteiger partial charge on any atom is 0.256 e. The monoisotopic (exact) mass is 446 g/mol. The molecule has 2 aromatic carbocycles. The average molecular weight is 447 g/mol. The molecule has 0 radical (unpaired) electrons. The maximum atomic E-state index is 13.0. The number of likely N-dealkylation sites (tertiary alicyclic amines) is 1. The molecule has 0 saturated carbocycles. The van der Waals surface area contributed by atoms with Gasteiger partial charge in [0.15, 0.2) is 11.5 Å². The first-order chi connectivity index (χ1) is 16.1. The summed E-state index contributed by atoms with van der Waals surface area (Å²) in [7, 11) is 0. The summed E-state index contributed by atoms with van der Waals surface area (Å²) in [5, 5.41) is 7.40. The van der Waals surface area contributed by atoms with Gasteiger partial charge in [-0.05, 0) is 43.5 Å². The Morgan fingerprint density at radius 3 is 2.58 bits per heavy atom. The number of rotatable bonds is 5. The molecule has 33 heavy (non-hydrogen) atoms. The molecule has 170 valence electrons. The van der Waals surface area contributed by atoms with Crippen LogP contribution in [0.15, 0.2) is 60.8 Å². The predicted molar refractivity (Wildman–Crippen MR) is 122 cm³/mol. The van der Waals surface area contributed by atoms with E-state index in [9.17, 15) is 9.59 Å². The van der Waals surface area contributed by atoms with E-state index in [1.54, 1.807) is 30.5 Å². The van der Waals surface area contributed by atoms with Crippen LogP contribution in [-0.2, 0) is 4.79 Å².